The van der Waals surface area contributed by atoms with Gasteiger partial charge in [0.1, 0.15) is 0 Å². The number of carbonyl (C=O) groups is 1. The van der Waals surface area contributed by atoms with Crippen LogP contribution in [-0.2, 0) is 4.79 Å². The summed E-state index contributed by atoms with van der Waals surface area (Å²) in [6.07, 6.45) is 0.593. The van der Waals surface area contributed by atoms with Crippen LogP contribution in [0.15, 0.2) is 30.3 Å². The molecule has 2 rings (SSSR count). The van der Waals surface area contributed by atoms with Crippen molar-refractivity contribution in [3.8, 4) is 17.5 Å². The average molecular weight is 224 g/mol. The number of hydrogen-bond acceptors (Lipinski definition) is 2. The highest BCUT2D eigenvalue weighted by Gasteiger charge is 2.03. The van der Waals surface area contributed by atoms with Gasteiger partial charge in [0.25, 0.3) is 0 Å². The van der Waals surface area contributed by atoms with Crippen molar-refractivity contribution in [3.63, 3.8) is 0 Å². The Morgan fingerprint density at radius 1 is 1.29 bits per heavy atom. The summed E-state index contributed by atoms with van der Waals surface area (Å²) >= 11 is 0. The Bertz CT molecular complexity index is 615. The van der Waals surface area contributed by atoms with E-state index >= 15 is 0 Å². The molecule has 3 nitrogen and oxygen atoms in total. The molecule has 0 saturated heterocycles. The summed E-state index contributed by atoms with van der Waals surface area (Å²) < 4.78 is 1.86. The van der Waals surface area contributed by atoms with Crippen LogP contribution in [0.4, 0.5) is 0 Å². The maximum Gasteiger partial charge on any atom is 0.193 e. The second-order valence-electron chi connectivity index (χ2n) is 3.78. The third-order valence-electron chi connectivity index (χ3n) is 2.38. The van der Waals surface area contributed by atoms with Crippen molar-refractivity contribution < 1.29 is 4.79 Å². The van der Waals surface area contributed by atoms with Crippen molar-refractivity contribution in [2.75, 3.05) is 0 Å². The van der Waals surface area contributed by atoms with Crippen molar-refractivity contribution in [2.45, 2.75) is 13.8 Å². The molecule has 1 aromatic carbocycles. The Hall–Kier alpha value is -2.34. The fraction of sp³-hybridized carbons (Fsp3) is 0.143. The summed E-state index contributed by atoms with van der Waals surface area (Å²) in [5, 5.41) is 4.40. The van der Waals surface area contributed by atoms with Gasteiger partial charge in [-0.15, -0.1) is 0 Å². The summed E-state index contributed by atoms with van der Waals surface area (Å²) in [4.78, 5) is 10.2. The van der Waals surface area contributed by atoms with Crippen molar-refractivity contribution in [2.24, 2.45) is 0 Å². The summed E-state index contributed by atoms with van der Waals surface area (Å²) in [6.45, 7) is 3.96. The second kappa shape index (κ2) is 4.67. The van der Waals surface area contributed by atoms with Crippen LogP contribution in [0.5, 0.6) is 0 Å². The lowest BCUT2D eigenvalue weighted by Gasteiger charge is -2.04. The SMILES string of the molecule is Cc1cc(C)n(-c2cccc(C#CC=O)c2)n1. The van der Waals surface area contributed by atoms with Crippen LogP contribution in [0.3, 0.4) is 0 Å². The molecule has 0 atom stereocenters. The third-order valence-corrected chi connectivity index (χ3v) is 2.38. The number of carbonyl (C=O) groups excluding carboxylic acids is 1. The van der Waals surface area contributed by atoms with Gasteiger partial charge in [-0.2, -0.15) is 5.10 Å². The Kier molecular flexibility index (Phi) is 3.06. The van der Waals surface area contributed by atoms with E-state index in [2.05, 4.69) is 16.9 Å². The molecule has 2 aromatic rings. The number of benzene rings is 1. The van der Waals surface area contributed by atoms with Crippen LogP contribution in [-0.4, -0.2) is 16.1 Å². The van der Waals surface area contributed by atoms with E-state index in [1.54, 1.807) is 0 Å². The molecule has 0 amide bonds. The van der Waals surface area contributed by atoms with E-state index < -0.39 is 0 Å². The number of aromatic nitrogens is 2. The molecule has 17 heavy (non-hydrogen) atoms. The van der Waals surface area contributed by atoms with Crippen molar-refractivity contribution in [3.05, 3.63) is 47.3 Å². The molecule has 0 N–H and O–H groups in total. The summed E-state index contributed by atoms with van der Waals surface area (Å²) in [5.74, 6) is 5.17. The molecule has 0 bridgehead atoms. The first-order valence-electron chi connectivity index (χ1n) is 5.29. The van der Waals surface area contributed by atoms with Gasteiger partial charge in [-0.1, -0.05) is 12.0 Å². The topological polar surface area (TPSA) is 34.9 Å². The van der Waals surface area contributed by atoms with Crippen LogP contribution in [0, 0.1) is 25.7 Å². The van der Waals surface area contributed by atoms with E-state index in [1.165, 1.54) is 0 Å². The van der Waals surface area contributed by atoms with Gasteiger partial charge in [0.2, 0.25) is 0 Å². The van der Waals surface area contributed by atoms with E-state index in [9.17, 15) is 4.79 Å². The van der Waals surface area contributed by atoms with E-state index in [0.29, 0.717) is 6.29 Å². The van der Waals surface area contributed by atoms with E-state index in [0.717, 1.165) is 22.6 Å². The van der Waals surface area contributed by atoms with Crippen LogP contribution in [0.25, 0.3) is 5.69 Å². The Morgan fingerprint density at radius 2 is 2.12 bits per heavy atom. The van der Waals surface area contributed by atoms with Crippen LogP contribution >= 0.6 is 0 Å². The van der Waals surface area contributed by atoms with E-state index in [-0.39, 0.29) is 0 Å². The van der Waals surface area contributed by atoms with E-state index in [4.69, 9.17) is 0 Å². The summed E-state index contributed by atoms with van der Waals surface area (Å²) in [6, 6.07) is 9.66. The smallest absolute Gasteiger partial charge is 0.193 e. The highest BCUT2D eigenvalue weighted by Crippen LogP contribution is 2.13. The summed E-state index contributed by atoms with van der Waals surface area (Å²) in [7, 11) is 0. The largest absolute Gasteiger partial charge is 0.289 e. The molecule has 0 spiro atoms. The van der Waals surface area contributed by atoms with E-state index in [1.807, 2.05) is 48.9 Å². The predicted molar refractivity (Wildman–Crippen MR) is 66.0 cm³/mol. The van der Waals surface area contributed by atoms with Crippen molar-refractivity contribution >= 4 is 6.29 Å². The molecule has 0 fully saturated rings. The van der Waals surface area contributed by atoms with Gasteiger partial charge in [0.15, 0.2) is 6.29 Å². The van der Waals surface area contributed by atoms with Crippen molar-refractivity contribution in [1.29, 1.82) is 0 Å². The lowest BCUT2D eigenvalue weighted by molar-refractivity contribution is -0.103. The number of nitrogens with zero attached hydrogens (tertiary/aromatic N) is 2. The number of aryl methyl sites for hydroxylation is 2. The molecule has 0 saturated carbocycles. The molecular formula is C14H12N2O. The van der Waals surface area contributed by atoms with Gasteiger partial charge in [-0.3, -0.25) is 4.79 Å². The van der Waals surface area contributed by atoms with Crippen LogP contribution < -0.4 is 0 Å². The standard InChI is InChI=1S/C14H12N2O/c1-11-9-12(2)16(15-11)14-7-3-5-13(10-14)6-4-8-17/h3,5,7-10H,1-2H3. The zero-order valence-electron chi connectivity index (χ0n) is 9.77. The van der Waals surface area contributed by atoms with Crippen LogP contribution in [0.1, 0.15) is 17.0 Å². The second-order valence-corrected chi connectivity index (χ2v) is 3.78. The fourth-order valence-electron chi connectivity index (χ4n) is 1.72. The molecule has 1 aromatic heterocycles. The predicted octanol–water partition coefficient (Wildman–Crippen LogP) is 2.04. The first-order valence-corrected chi connectivity index (χ1v) is 5.29. The lowest BCUT2D eigenvalue weighted by Crippen LogP contribution is -1.99. The first kappa shape index (κ1) is 11.2. The molecule has 0 aliphatic rings. The quantitative estimate of drug-likeness (QED) is 0.549. The monoisotopic (exact) mass is 224 g/mol. The zero-order valence-corrected chi connectivity index (χ0v) is 9.77. The molecule has 3 heteroatoms. The van der Waals surface area contributed by atoms with Gasteiger partial charge in [-0.05, 0) is 44.0 Å². The number of rotatable bonds is 1. The first-order chi connectivity index (χ1) is 8.20. The maximum atomic E-state index is 10.2. The maximum absolute atomic E-state index is 10.2. The van der Waals surface area contributed by atoms with Gasteiger partial charge >= 0.3 is 0 Å². The van der Waals surface area contributed by atoms with Gasteiger partial charge < -0.3 is 0 Å². The van der Waals surface area contributed by atoms with Crippen LogP contribution in [0.2, 0.25) is 0 Å². The highest BCUT2D eigenvalue weighted by molar-refractivity contribution is 5.74. The minimum absolute atomic E-state index is 0.593. The molecule has 0 unspecified atom stereocenters. The Balaban J connectivity index is 2.46. The minimum Gasteiger partial charge on any atom is -0.289 e. The molecule has 84 valence electrons. The number of hydrogen-bond donors (Lipinski definition) is 0. The van der Waals surface area contributed by atoms with Crippen molar-refractivity contribution in [1.82, 2.24) is 9.78 Å². The normalized spacial score (nSPS) is 9.53. The molecule has 0 aliphatic heterocycles. The molecule has 1 heterocycles. The average Bonchev–Trinajstić information content (AvgIpc) is 2.66. The van der Waals surface area contributed by atoms with Gasteiger partial charge in [0, 0.05) is 11.3 Å². The lowest BCUT2D eigenvalue weighted by atomic mass is 10.2. The molecule has 0 aliphatic carbocycles. The number of aldehydes is 1. The summed E-state index contributed by atoms with van der Waals surface area (Å²) in [5.41, 5.74) is 3.81. The van der Waals surface area contributed by atoms with Gasteiger partial charge in [-0.25, -0.2) is 4.68 Å². The third kappa shape index (κ3) is 2.43. The molecular weight excluding hydrogens is 212 g/mol. The minimum atomic E-state index is 0.593. The van der Waals surface area contributed by atoms with Gasteiger partial charge in [0.05, 0.1) is 11.4 Å². The highest BCUT2D eigenvalue weighted by atomic mass is 16.1. The Morgan fingerprint density at radius 3 is 2.76 bits per heavy atom. The zero-order chi connectivity index (χ0) is 12.3. The Labute approximate surface area is 100 Å². The molecule has 0 radical (unpaired) electrons. The fourth-order valence-corrected chi connectivity index (χ4v) is 1.72.